The Balaban J connectivity index is 1.79. The van der Waals surface area contributed by atoms with Crippen molar-refractivity contribution in [3.8, 4) is 0 Å². The Bertz CT molecular complexity index is 757. The van der Waals surface area contributed by atoms with Gasteiger partial charge in [0.05, 0.1) is 6.04 Å². The summed E-state index contributed by atoms with van der Waals surface area (Å²) in [4.78, 5) is 2.83. The molecule has 1 atom stereocenters. The summed E-state index contributed by atoms with van der Waals surface area (Å²) in [5.74, 6) is 0. The first-order valence-corrected chi connectivity index (χ1v) is 7.46. The number of fused-ring (bicyclic) bond motifs is 3. The first-order valence-electron chi connectivity index (χ1n) is 6.65. The van der Waals surface area contributed by atoms with Gasteiger partial charge in [-0.15, -0.1) is 11.3 Å². The average molecular weight is 265 g/mol. The first kappa shape index (κ1) is 11.1. The van der Waals surface area contributed by atoms with E-state index in [1.165, 1.54) is 31.8 Å². The predicted molar refractivity (Wildman–Crippen MR) is 83.1 cm³/mol. The van der Waals surface area contributed by atoms with E-state index in [0.29, 0.717) is 6.04 Å². The molecule has 0 spiro atoms. The van der Waals surface area contributed by atoms with Gasteiger partial charge in [-0.25, -0.2) is 0 Å². The van der Waals surface area contributed by atoms with Crippen molar-refractivity contribution in [2.75, 3.05) is 5.32 Å². The molecule has 94 valence electrons. The zero-order valence-corrected chi connectivity index (χ0v) is 11.6. The zero-order valence-electron chi connectivity index (χ0n) is 10.8. The van der Waals surface area contributed by atoms with Gasteiger partial charge in [-0.1, -0.05) is 36.4 Å². The molecule has 0 bridgehead atoms. The largest absolute Gasteiger partial charge is 0.376 e. The Kier molecular flexibility index (Phi) is 2.39. The summed E-state index contributed by atoms with van der Waals surface area (Å²) in [6.45, 7) is 2.17. The number of benzene rings is 2. The molecule has 19 heavy (non-hydrogen) atoms. The Labute approximate surface area is 116 Å². The van der Waals surface area contributed by atoms with Gasteiger partial charge in [0.15, 0.2) is 0 Å². The van der Waals surface area contributed by atoms with Crippen LogP contribution in [-0.4, -0.2) is 0 Å². The molecule has 0 aliphatic carbocycles. The second-order valence-electron chi connectivity index (χ2n) is 5.17. The fourth-order valence-electron chi connectivity index (χ4n) is 2.91. The van der Waals surface area contributed by atoms with Crippen molar-refractivity contribution < 1.29 is 0 Å². The molecule has 2 aromatic carbocycles. The molecule has 2 heteroatoms. The highest BCUT2D eigenvalue weighted by molar-refractivity contribution is 7.12. The van der Waals surface area contributed by atoms with Gasteiger partial charge < -0.3 is 5.32 Å². The molecule has 1 aliphatic heterocycles. The first-order chi connectivity index (χ1) is 9.31. The zero-order chi connectivity index (χ0) is 12.8. The molecule has 0 amide bonds. The number of hydrogen-bond acceptors (Lipinski definition) is 2. The van der Waals surface area contributed by atoms with Crippen LogP contribution < -0.4 is 5.32 Å². The van der Waals surface area contributed by atoms with E-state index in [1.54, 1.807) is 0 Å². The Hall–Kier alpha value is -1.80. The molecule has 1 aliphatic rings. The van der Waals surface area contributed by atoms with Crippen LogP contribution in [0, 0.1) is 6.92 Å². The topological polar surface area (TPSA) is 12.0 Å². The SMILES string of the molecule is Cc1ccc(C2Cc3ccc4ccccc4c3N2)s1. The molecule has 1 unspecified atom stereocenters. The predicted octanol–water partition coefficient (Wildman–Crippen LogP) is 4.92. The minimum atomic E-state index is 0.444. The van der Waals surface area contributed by atoms with Gasteiger partial charge in [0, 0.05) is 20.8 Å². The smallest absolute Gasteiger partial charge is 0.0648 e. The summed E-state index contributed by atoms with van der Waals surface area (Å²) < 4.78 is 0. The minimum Gasteiger partial charge on any atom is -0.376 e. The third-order valence-electron chi connectivity index (χ3n) is 3.86. The number of aryl methyl sites for hydroxylation is 1. The second-order valence-corrected chi connectivity index (χ2v) is 6.49. The molecule has 4 rings (SSSR count). The highest BCUT2D eigenvalue weighted by atomic mass is 32.1. The van der Waals surface area contributed by atoms with E-state index >= 15 is 0 Å². The summed E-state index contributed by atoms with van der Waals surface area (Å²) in [6.07, 6.45) is 1.10. The Morgan fingerprint density at radius 1 is 1.05 bits per heavy atom. The van der Waals surface area contributed by atoms with Crippen LogP contribution in [0.25, 0.3) is 10.8 Å². The third-order valence-corrected chi connectivity index (χ3v) is 4.98. The van der Waals surface area contributed by atoms with Crippen LogP contribution in [0.15, 0.2) is 48.5 Å². The lowest BCUT2D eigenvalue weighted by Crippen LogP contribution is -2.03. The van der Waals surface area contributed by atoms with Crippen LogP contribution in [0.3, 0.4) is 0 Å². The van der Waals surface area contributed by atoms with E-state index in [1.807, 2.05) is 11.3 Å². The van der Waals surface area contributed by atoms with Crippen molar-refractivity contribution in [3.05, 3.63) is 63.8 Å². The molecule has 0 fully saturated rings. The molecule has 3 aromatic rings. The van der Waals surface area contributed by atoms with E-state index in [9.17, 15) is 0 Å². The van der Waals surface area contributed by atoms with Crippen molar-refractivity contribution in [2.24, 2.45) is 0 Å². The fourth-order valence-corrected chi connectivity index (χ4v) is 3.84. The van der Waals surface area contributed by atoms with Crippen LogP contribution in [0.5, 0.6) is 0 Å². The molecule has 2 heterocycles. The van der Waals surface area contributed by atoms with Crippen molar-refractivity contribution in [1.82, 2.24) is 0 Å². The summed E-state index contributed by atoms with van der Waals surface area (Å²) in [5.41, 5.74) is 2.77. The van der Waals surface area contributed by atoms with Gasteiger partial charge in [0.2, 0.25) is 0 Å². The number of hydrogen-bond donors (Lipinski definition) is 1. The monoisotopic (exact) mass is 265 g/mol. The summed E-state index contributed by atoms with van der Waals surface area (Å²) in [7, 11) is 0. The van der Waals surface area contributed by atoms with Gasteiger partial charge in [-0.2, -0.15) is 0 Å². The molecular formula is C17H15NS. The molecular weight excluding hydrogens is 250 g/mol. The molecule has 1 nitrogen and oxygen atoms in total. The van der Waals surface area contributed by atoms with Crippen LogP contribution in [-0.2, 0) is 6.42 Å². The van der Waals surface area contributed by atoms with Crippen molar-refractivity contribution in [2.45, 2.75) is 19.4 Å². The van der Waals surface area contributed by atoms with Crippen LogP contribution in [0.2, 0.25) is 0 Å². The molecule has 0 radical (unpaired) electrons. The van der Waals surface area contributed by atoms with E-state index < -0.39 is 0 Å². The van der Waals surface area contributed by atoms with E-state index in [4.69, 9.17) is 0 Å². The highest BCUT2D eigenvalue weighted by Gasteiger charge is 2.24. The number of rotatable bonds is 1. The average Bonchev–Trinajstić information content (AvgIpc) is 3.04. The van der Waals surface area contributed by atoms with E-state index in [0.717, 1.165) is 6.42 Å². The molecule has 1 N–H and O–H groups in total. The maximum Gasteiger partial charge on any atom is 0.0648 e. The van der Waals surface area contributed by atoms with Crippen LogP contribution >= 0.6 is 11.3 Å². The lowest BCUT2D eigenvalue weighted by atomic mass is 10.0. The lowest BCUT2D eigenvalue weighted by Gasteiger charge is -2.09. The highest BCUT2D eigenvalue weighted by Crippen LogP contribution is 2.40. The van der Waals surface area contributed by atoms with Gasteiger partial charge in [-0.3, -0.25) is 0 Å². The van der Waals surface area contributed by atoms with Gasteiger partial charge in [0.25, 0.3) is 0 Å². The molecule has 1 aromatic heterocycles. The van der Waals surface area contributed by atoms with Crippen molar-refractivity contribution in [1.29, 1.82) is 0 Å². The molecule has 0 saturated heterocycles. The summed E-state index contributed by atoms with van der Waals surface area (Å²) >= 11 is 1.90. The van der Waals surface area contributed by atoms with Crippen LogP contribution in [0.4, 0.5) is 5.69 Å². The summed E-state index contributed by atoms with van der Waals surface area (Å²) in [5, 5.41) is 6.38. The van der Waals surface area contributed by atoms with Gasteiger partial charge in [0.1, 0.15) is 0 Å². The number of thiophene rings is 1. The van der Waals surface area contributed by atoms with Gasteiger partial charge in [-0.05, 0) is 36.4 Å². The van der Waals surface area contributed by atoms with Crippen molar-refractivity contribution >= 4 is 27.8 Å². The van der Waals surface area contributed by atoms with Gasteiger partial charge >= 0.3 is 0 Å². The van der Waals surface area contributed by atoms with E-state index in [-0.39, 0.29) is 0 Å². The Morgan fingerprint density at radius 2 is 1.95 bits per heavy atom. The maximum absolute atomic E-state index is 3.72. The number of anilines is 1. The normalized spacial score (nSPS) is 17.4. The van der Waals surface area contributed by atoms with Crippen molar-refractivity contribution in [3.63, 3.8) is 0 Å². The Morgan fingerprint density at radius 3 is 2.79 bits per heavy atom. The second kappa shape index (κ2) is 4.10. The van der Waals surface area contributed by atoms with Crippen LogP contribution in [0.1, 0.15) is 21.4 Å². The van der Waals surface area contributed by atoms with E-state index in [2.05, 4.69) is 60.8 Å². The minimum absolute atomic E-state index is 0.444. The quantitative estimate of drug-likeness (QED) is 0.658. The third kappa shape index (κ3) is 1.75. The number of nitrogens with one attached hydrogen (secondary N) is 1. The molecule has 0 saturated carbocycles. The standard InChI is InChI=1S/C17H15NS/c1-11-6-9-16(19-11)15-10-13-8-7-12-4-2-3-5-14(12)17(13)18-15/h2-9,15,18H,10H2,1H3. The maximum atomic E-state index is 3.72. The lowest BCUT2D eigenvalue weighted by molar-refractivity contribution is 0.843. The fraction of sp³-hybridized carbons (Fsp3) is 0.176. The summed E-state index contributed by atoms with van der Waals surface area (Å²) in [6, 6.07) is 18.0.